The van der Waals surface area contributed by atoms with E-state index in [0.29, 0.717) is 10.6 Å². The second-order valence-corrected chi connectivity index (χ2v) is 10.6. The third-order valence-electron chi connectivity index (χ3n) is 7.54. The van der Waals surface area contributed by atoms with E-state index in [9.17, 15) is 19.2 Å². The van der Waals surface area contributed by atoms with Crippen molar-refractivity contribution in [3.8, 4) is 0 Å². The number of hydrazine groups is 1. The fourth-order valence-electron chi connectivity index (χ4n) is 6.01. The molecule has 35 heavy (non-hydrogen) atoms. The van der Waals surface area contributed by atoms with Crippen LogP contribution in [0.1, 0.15) is 46.4 Å². The van der Waals surface area contributed by atoms with E-state index >= 15 is 0 Å². The molecular formula is C26H23Cl3N2O4. The number of fused-ring (bicyclic) bond motifs is 5. The molecular weight excluding hydrogens is 511 g/mol. The average molecular weight is 534 g/mol. The number of Topliss-reactive ketones (excluding diaryl/α,β-unsaturated/α-hetero) is 1. The van der Waals surface area contributed by atoms with Gasteiger partial charge in [-0.05, 0) is 73.9 Å². The summed E-state index contributed by atoms with van der Waals surface area (Å²) in [5.41, 5.74) is 0.388. The number of alkyl halides is 1. The first-order valence-corrected chi connectivity index (χ1v) is 12.9. The van der Waals surface area contributed by atoms with Crippen molar-refractivity contribution in [2.24, 2.45) is 23.7 Å². The fraction of sp³-hybridized carbons (Fsp3) is 0.385. The molecule has 2 aromatic rings. The van der Waals surface area contributed by atoms with Crippen LogP contribution in [0, 0.1) is 23.7 Å². The summed E-state index contributed by atoms with van der Waals surface area (Å²) >= 11 is 18.4. The molecule has 2 aliphatic carbocycles. The monoisotopic (exact) mass is 532 g/mol. The Balaban J connectivity index is 1.60. The summed E-state index contributed by atoms with van der Waals surface area (Å²) in [6, 6.07) is 11.4. The zero-order chi connectivity index (χ0) is 24.9. The average Bonchev–Trinajstić information content (AvgIpc) is 3.54. The van der Waals surface area contributed by atoms with E-state index in [-0.39, 0.29) is 34.7 Å². The Morgan fingerprint density at radius 2 is 1.54 bits per heavy atom. The zero-order valence-electron chi connectivity index (χ0n) is 18.7. The number of hydrogen-bond donors (Lipinski definition) is 0. The standard InChI is InChI=1S/C26H23Cl3N2O4/c27-12-11-20(23(32)14-7-9-17(28)10-8-14)30(24(33)18-3-1-2-4-19(18)29)31-25(34)21-15-5-6-16(13-15)22(21)26(31)35/h1-4,7-10,15-16,20-22H,5-6,11-13H2/t15-,16-,20-,21-,22-/m0/s1. The lowest BCUT2D eigenvalue weighted by Crippen LogP contribution is -2.58. The van der Waals surface area contributed by atoms with Crippen LogP contribution in [0.15, 0.2) is 48.5 Å². The summed E-state index contributed by atoms with van der Waals surface area (Å²) in [7, 11) is 0. The molecule has 1 aliphatic heterocycles. The first-order chi connectivity index (χ1) is 16.8. The highest BCUT2D eigenvalue weighted by atomic mass is 35.5. The molecule has 0 N–H and O–H groups in total. The van der Waals surface area contributed by atoms with Gasteiger partial charge in [0, 0.05) is 16.5 Å². The summed E-state index contributed by atoms with van der Waals surface area (Å²) < 4.78 is 0. The Morgan fingerprint density at radius 3 is 2.11 bits per heavy atom. The van der Waals surface area contributed by atoms with E-state index < -0.39 is 41.4 Å². The molecule has 6 nitrogen and oxygen atoms in total. The largest absolute Gasteiger partial charge is 0.292 e. The molecule has 2 aromatic carbocycles. The number of carbonyl (C=O) groups excluding carboxylic acids is 4. The smallest absolute Gasteiger partial charge is 0.275 e. The molecule has 1 saturated heterocycles. The molecule has 2 bridgehead atoms. The van der Waals surface area contributed by atoms with E-state index in [1.54, 1.807) is 42.5 Å². The molecule has 9 heteroatoms. The van der Waals surface area contributed by atoms with Crippen LogP contribution in [0.2, 0.25) is 10.0 Å². The Kier molecular flexibility index (Phi) is 6.64. The normalized spacial score (nSPS) is 25.6. The maximum atomic E-state index is 13.9. The second-order valence-electron chi connectivity index (χ2n) is 9.37. The van der Waals surface area contributed by atoms with Gasteiger partial charge in [0.2, 0.25) is 0 Å². The molecule has 1 heterocycles. The van der Waals surface area contributed by atoms with Gasteiger partial charge in [-0.2, -0.15) is 5.01 Å². The van der Waals surface area contributed by atoms with Crippen molar-refractivity contribution in [1.29, 1.82) is 0 Å². The molecule has 0 unspecified atom stereocenters. The zero-order valence-corrected chi connectivity index (χ0v) is 21.0. The number of hydrogen-bond acceptors (Lipinski definition) is 4. The van der Waals surface area contributed by atoms with Gasteiger partial charge in [-0.1, -0.05) is 35.3 Å². The lowest BCUT2D eigenvalue weighted by molar-refractivity contribution is -0.157. The highest BCUT2D eigenvalue weighted by Gasteiger charge is 2.63. The lowest BCUT2D eigenvalue weighted by Gasteiger charge is -2.37. The van der Waals surface area contributed by atoms with Crippen molar-refractivity contribution in [2.75, 3.05) is 5.88 Å². The Morgan fingerprint density at radius 1 is 0.943 bits per heavy atom. The summed E-state index contributed by atoms with van der Waals surface area (Å²) in [6.45, 7) is 0. The summed E-state index contributed by atoms with van der Waals surface area (Å²) in [4.78, 5) is 55.0. The van der Waals surface area contributed by atoms with E-state index in [1.165, 1.54) is 6.07 Å². The first kappa shape index (κ1) is 24.3. The Hall–Kier alpha value is -2.41. The van der Waals surface area contributed by atoms with Gasteiger partial charge in [0.25, 0.3) is 17.7 Å². The molecule has 0 aromatic heterocycles. The summed E-state index contributed by atoms with van der Waals surface area (Å²) in [6.07, 6.45) is 2.68. The Bertz CT molecular complexity index is 1170. The lowest BCUT2D eigenvalue weighted by atomic mass is 9.81. The minimum absolute atomic E-state index is 0.0324. The first-order valence-electron chi connectivity index (χ1n) is 11.6. The van der Waals surface area contributed by atoms with Crippen LogP contribution in [-0.4, -0.2) is 45.4 Å². The molecule has 2 saturated carbocycles. The van der Waals surface area contributed by atoms with Gasteiger partial charge in [-0.25, -0.2) is 5.01 Å². The molecule has 5 atom stereocenters. The van der Waals surface area contributed by atoms with Gasteiger partial charge in [0.05, 0.1) is 22.4 Å². The number of benzene rings is 2. The molecule has 0 radical (unpaired) electrons. The van der Waals surface area contributed by atoms with Crippen LogP contribution < -0.4 is 0 Å². The van der Waals surface area contributed by atoms with E-state index in [4.69, 9.17) is 34.8 Å². The third kappa shape index (κ3) is 4.05. The molecule has 3 fully saturated rings. The van der Waals surface area contributed by atoms with Gasteiger partial charge in [0.15, 0.2) is 5.78 Å². The summed E-state index contributed by atoms with van der Waals surface area (Å²) in [5, 5.41) is 2.55. The predicted molar refractivity (Wildman–Crippen MR) is 132 cm³/mol. The van der Waals surface area contributed by atoms with Crippen LogP contribution in [0.3, 0.4) is 0 Å². The number of ketones is 1. The number of rotatable bonds is 7. The highest BCUT2D eigenvalue weighted by molar-refractivity contribution is 6.34. The predicted octanol–water partition coefficient (Wildman–Crippen LogP) is 5.26. The van der Waals surface area contributed by atoms with Gasteiger partial charge in [-0.15, -0.1) is 11.6 Å². The molecule has 3 aliphatic rings. The topological polar surface area (TPSA) is 74.8 Å². The number of carbonyl (C=O) groups is 4. The van der Waals surface area contributed by atoms with Crippen molar-refractivity contribution >= 4 is 58.3 Å². The van der Waals surface area contributed by atoms with Crippen LogP contribution in [0.5, 0.6) is 0 Å². The summed E-state index contributed by atoms with van der Waals surface area (Å²) in [5.74, 6) is -2.60. The molecule has 3 amide bonds. The SMILES string of the molecule is O=C(c1ccc(Cl)cc1)[C@H](CCCl)N(C(=O)c1ccccc1Cl)N1C(=O)[C@H]2[C@H]3CC[C@@H](C3)[C@@H]2C1=O. The quantitative estimate of drug-likeness (QED) is 0.276. The third-order valence-corrected chi connectivity index (χ3v) is 8.34. The van der Waals surface area contributed by atoms with Crippen LogP contribution in [0.4, 0.5) is 0 Å². The second kappa shape index (κ2) is 9.57. The van der Waals surface area contributed by atoms with Crippen molar-refractivity contribution in [2.45, 2.75) is 31.7 Å². The van der Waals surface area contributed by atoms with Gasteiger partial charge in [-0.3, -0.25) is 19.2 Å². The maximum Gasteiger partial charge on any atom is 0.275 e. The number of amides is 3. The van der Waals surface area contributed by atoms with Gasteiger partial charge < -0.3 is 0 Å². The number of halogens is 3. The molecule has 182 valence electrons. The fourth-order valence-corrected chi connectivity index (χ4v) is 6.56. The molecule has 0 spiro atoms. The molecule has 5 rings (SSSR count). The highest BCUT2D eigenvalue weighted by Crippen LogP contribution is 2.56. The maximum absolute atomic E-state index is 13.9. The van der Waals surface area contributed by atoms with Crippen LogP contribution >= 0.6 is 34.8 Å². The van der Waals surface area contributed by atoms with Crippen molar-refractivity contribution in [1.82, 2.24) is 10.0 Å². The van der Waals surface area contributed by atoms with Crippen molar-refractivity contribution < 1.29 is 19.2 Å². The minimum Gasteiger partial charge on any atom is -0.292 e. The number of imide groups is 1. The van der Waals surface area contributed by atoms with E-state index in [0.717, 1.165) is 29.3 Å². The van der Waals surface area contributed by atoms with Gasteiger partial charge >= 0.3 is 0 Å². The van der Waals surface area contributed by atoms with Crippen LogP contribution in [0.25, 0.3) is 0 Å². The Labute approximate surface area is 218 Å². The van der Waals surface area contributed by atoms with Crippen molar-refractivity contribution in [3.63, 3.8) is 0 Å². The van der Waals surface area contributed by atoms with E-state index in [2.05, 4.69) is 0 Å². The minimum atomic E-state index is -1.18. The van der Waals surface area contributed by atoms with E-state index in [1.807, 2.05) is 0 Å². The van der Waals surface area contributed by atoms with Crippen LogP contribution in [-0.2, 0) is 9.59 Å². The van der Waals surface area contributed by atoms with Gasteiger partial charge in [0.1, 0.15) is 6.04 Å². The van der Waals surface area contributed by atoms with Crippen molar-refractivity contribution in [3.05, 3.63) is 69.7 Å². The number of nitrogens with zero attached hydrogens (tertiary/aromatic N) is 2.